The standard InChI is InChI=1S/C24H22N6O/c1-16(2)20-5-3-4-6-21(20)23-25-14-18-13-22(31)29(24(18)28-23)15-17-7-9-19(10-8-17)30-26-11-12-27-30/h3-12,14,16H,13,15H2,1-2H3. The van der Waals surface area contributed by atoms with Gasteiger partial charge in [0.1, 0.15) is 5.82 Å². The number of carbonyl (C=O) groups excluding carboxylic acids is 1. The lowest BCUT2D eigenvalue weighted by Gasteiger charge is -2.18. The molecule has 0 fully saturated rings. The predicted octanol–water partition coefficient (Wildman–Crippen LogP) is 3.94. The highest BCUT2D eigenvalue weighted by atomic mass is 16.2. The monoisotopic (exact) mass is 410 g/mol. The van der Waals surface area contributed by atoms with E-state index in [1.807, 2.05) is 42.5 Å². The van der Waals surface area contributed by atoms with E-state index in [-0.39, 0.29) is 5.91 Å². The van der Waals surface area contributed by atoms with Crippen molar-refractivity contribution in [3.63, 3.8) is 0 Å². The molecule has 0 N–H and O–H groups in total. The van der Waals surface area contributed by atoms with Crippen molar-refractivity contribution in [2.75, 3.05) is 4.90 Å². The zero-order valence-electron chi connectivity index (χ0n) is 17.4. The van der Waals surface area contributed by atoms with Crippen molar-refractivity contribution in [2.24, 2.45) is 0 Å². The van der Waals surface area contributed by atoms with Gasteiger partial charge < -0.3 is 0 Å². The molecule has 0 radical (unpaired) electrons. The van der Waals surface area contributed by atoms with E-state index >= 15 is 0 Å². The maximum Gasteiger partial charge on any atom is 0.233 e. The minimum atomic E-state index is 0.0383. The lowest BCUT2D eigenvalue weighted by molar-refractivity contribution is -0.117. The van der Waals surface area contributed by atoms with Crippen LogP contribution in [0.5, 0.6) is 0 Å². The Labute approximate surface area is 180 Å². The highest BCUT2D eigenvalue weighted by Gasteiger charge is 2.30. The number of carbonyl (C=O) groups is 1. The molecule has 1 amide bonds. The minimum Gasteiger partial charge on any atom is -0.292 e. The molecule has 2 aromatic carbocycles. The van der Waals surface area contributed by atoms with Crippen molar-refractivity contribution in [1.29, 1.82) is 0 Å². The van der Waals surface area contributed by atoms with Gasteiger partial charge in [0.05, 0.1) is 31.0 Å². The molecule has 1 aliphatic rings. The SMILES string of the molecule is CC(C)c1ccccc1-c1ncc2c(n1)N(Cc1ccc(-n3nccn3)cc1)C(=O)C2. The summed E-state index contributed by atoms with van der Waals surface area (Å²) in [5.74, 6) is 1.75. The zero-order chi connectivity index (χ0) is 21.4. The van der Waals surface area contributed by atoms with Gasteiger partial charge in [0.2, 0.25) is 5.91 Å². The van der Waals surface area contributed by atoms with Crippen LogP contribution in [0.4, 0.5) is 5.82 Å². The third-order valence-corrected chi connectivity index (χ3v) is 5.49. The first-order valence-corrected chi connectivity index (χ1v) is 10.3. The number of amides is 1. The summed E-state index contributed by atoms with van der Waals surface area (Å²) in [5, 5.41) is 8.29. The Morgan fingerprint density at radius 3 is 2.48 bits per heavy atom. The van der Waals surface area contributed by atoms with E-state index < -0.39 is 0 Å². The van der Waals surface area contributed by atoms with E-state index in [4.69, 9.17) is 4.98 Å². The van der Waals surface area contributed by atoms with Crippen LogP contribution < -0.4 is 4.90 Å². The van der Waals surface area contributed by atoms with Gasteiger partial charge in [0.15, 0.2) is 5.82 Å². The number of hydrogen-bond acceptors (Lipinski definition) is 5. The van der Waals surface area contributed by atoms with E-state index in [1.54, 1.807) is 28.3 Å². The summed E-state index contributed by atoms with van der Waals surface area (Å²) in [6.07, 6.45) is 5.40. The van der Waals surface area contributed by atoms with Crippen molar-refractivity contribution in [1.82, 2.24) is 25.0 Å². The van der Waals surface area contributed by atoms with Gasteiger partial charge in [-0.05, 0) is 29.2 Å². The molecule has 2 aromatic heterocycles. The molecule has 0 saturated heterocycles. The highest BCUT2D eigenvalue weighted by molar-refractivity contribution is 6.00. The molecule has 0 aliphatic carbocycles. The lowest BCUT2D eigenvalue weighted by atomic mass is 9.97. The van der Waals surface area contributed by atoms with Gasteiger partial charge in [-0.2, -0.15) is 15.0 Å². The number of benzene rings is 2. The average molecular weight is 410 g/mol. The lowest BCUT2D eigenvalue weighted by Crippen LogP contribution is -2.26. The number of aromatic nitrogens is 5. The van der Waals surface area contributed by atoms with Crippen molar-refractivity contribution in [2.45, 2.75) is 32.7 Å². The van der Waals surface area contributed by atoms with Crippen LogP contribution in [0.15, 0.2) is 67.1 Å². The van der Waals surface area contributed by atoms with Gasteiger partial charge >= 0.3 is 0 Å². The summed E-state index contributed by atoms with van der Waals surface area (Å²) in [5.41, 5.74) is 4.96. The van der Waals surface area contributed by atoms with Crippen LogP contribution in [0.2, 0.25) is 0 Å². The molecule has 1 aliphatic heterocycles. The fourth-order valence-corrected chi connectivity index (χ4v) is 3.90. The van der Waals surface area contributed by atoms with Crippen LogP contribution in [0.3, 0.4) is 0 Å². The Morgan fingerprint density at radius 2 is 1.74 bits per heavy atom. The predicted molar refractivity (Wildman–Crippen MR) is 118 cm³/mol. The van der Waals surface area contributed by atoms with Crippen LogP contribution in [-0.2, 0) is 17.8 Å². The number of rotatable bonds is 5. The topological polar surface area (TPSA) is 76.8 Å². The molecule has 0 saturated carbocycles. The van der Waals surface area contributed by atoms with Gasteiger partial charge in [-0.3, -0.25) is 9.69 Å². The average Bonchev–Trinajstić information content (AvgIpc) is 3.43. The molecule has 3 heterocycles. The van der Waals surface area contributed by atoms with Gasteiger partial charge in [-0.1, -0.05) is 50.2 Å². The normalized spacial score (nSPS) is 13.1. The quantitative estimate of drug-likeness (QED) is 0.498. The first-order chi connectivity index (χ1) is 15.1. The van der Waals surface area contributed by atoms with E-state index in [0.29, 0.717) is 30.5 Å². The maximum atomic E-state index is 12.7. The summed E-state index contributed by atoms with van der Waals surface area (Å²) in [6, 6.07) is 16.0. The first-order valence-electron chi connectivity index (χ1n) is 10.3. The second-order valence-electron chi connectivity index (χ2n) is 7.93. The summed E-state index contributed by atoms with van der Waals surface area (Å²) in [6.45, 7) is 4.77. The highest BCUT2D eigenvalue weighted by Crippen LogP contribution is 2.32. The number of fused-ring (bicyclic) bond motifs is 1. The number of anilines is 1. The third-order valence-electron chi connectivity index (χ3n) is 5.49. The van der Waals surface area contributed by atoms with Crippen molar-refractivity contribution < 1.29 is 4.79 Å². The van der Waals surface area contributed by atoms with Crippen LogP contribution in [0, 0.1) is 0 Å². The molecule has 7 heteroatoms. The second kappa shape index (κ2) is 7.75. The molecule has 0 spiro atoms. The van der Waals surface area contributed by atoms with Crippen molar-refractivity contribution in [3.05, 3.63) is 83.8 Å². The first kappa shape index (κ1) is 19.1. The van der Waals surface area contributed by atoms with Gasteiger partial charge in [0, 0.05) is 17.3 Å². The minimum absolute atomic E-state index is 0.0383. The van der Waals surface area contributed by atoms with Crippen LogP contribution in [-0.4, -0.2) is 30.9 Å². The summed E-state index contributed by atoms with van der Waals surface area (Å²) in [7, 11) is 0. The van der Waals surface area contributed by atoms with Crippen LogP contribution in [0.1, 0.15) is 36.5 Å². The Bertz CT molecular complexity index is 1230. The van der Waals surface area contributed by atoms with Gasteiger partial charge in [0.25, 0.3) is 0 Å². The second-order valence-corrected chi connectivity index (χ2v) is 7.93. The number of nitrogens with zero attached hydrogens (tertiary/aromatic N) is 6. The Kier molecular flexibility index (Phi) is 4.78. The van der Waals surface area contributed by atoms with Crippen molar-refractivity contribution in [3.8, 4) is 17.1 Å². The summed E-state index contributed by atoms with van der Waals surface area (Å²) >= 11 is 0. The molecule has 154 valence electrons. The van der Waals surface area contributed by atoms with E-state index in [0.717, 1.165) is 22.4 Å². The van der Waals surface area contributed by atoms with Gasteiger partial charge in [-0.15, -0.1) is 0 Å². The molecule has 0 bridgehead atoms. The molecule has 5 rings (SSSR count). The largest absolute Gasteiger partial charge is 0.292 e. The van der Waals surface area contributed by atoms with E-state index in [9.17, 15) is 4.79 Å². The molecule has 0 atom stereocenters. The molecule has 7 nitrogen and oxygen atoms in total. The van der Waals surface area contributed by atoms with E-state index in [1.165, 1.54) is 5.56 Å². The molecular weight excluding hydrogens is 388 g/mol. The van der Waals surface area contributed by atoms with Gasteiger partial charge in [-0.25, -0.2) is 9.97 Å². The molecule has 4 aromatic rings. The van der Waals surface area contributed by atoms with Crippen LogP contribution >= 0.6 is 0 Å². The summed E-state index contributed by atoms with van der Waals surface area (Å²) < 4.78 is 0. The molecule has 0 unspecified atom stereocenters. The third kappa shape index (κ3) is 3.59. The Morgan fingerprint density at radius 1 is 1.00 bits per heavy atom. The zero-order valence-corrected chi connectivity index (χ0v) is 17.4. The molecule has 31 heavy (non-hydrogen) atoms. The molecular formula is C24H22N6O. The smallest absolute Gasteiger partial charge is 0.233 e. The Hall–Kier alpha value is -3.87. The number of hydrogen-bond donors (Lipinski definition) is 0. The fraction of sp³-hybridized carbons (Fsp3) is 0.208. The fourth-order valence-electron chi connectivity index (χ4n) is 3.90. The maximum absolute atomic E-state index is 12.7. The summed E-state index contributed by atoms with van der Waals surface area (Å²) in [4.78, 5) is 25.5. The Balaban J connectivity index is 1.45. The van der Waals surface area contributed by atoms with Crippen molar-refractivity contribution >= 4 is 11.7 Å². The van der Waals surface area contributed by atoms with Crippen LogP contribution in [0.25, 0.3) is 17.1 Å². The van der Waals surface area contributed by atoms with E-state index in [2.05, 4.69) is 35.1 Å².